The Labute approximate surface area is 140 Å². The first-order valence-electron chi connectivity index (χ1n) is 8.76. The van der Waals surface area contributed by atoms with Gasteiger partial charge in [-0.05, 0) is 66.0 Å². The van der Waals surface area contributed by atoms with Crippen LogP contribution in [0.5, 0.6) is 5.75 Å². The van der Waals surface area contributed by atoms with Crippen LogP contribution in [0.4, 0.5) is 0 Å². The molecule has 23 heavy (non-hydrogen) atoms. The quantitative estimate of drug-likeness (QED) is 0.482. The number of hydrogen-bond donors (Lipinski definition) is 0. The molecule has 1 unspecified atom stereocenters. The van der Waals surface area contributed by atoms with Gasteiger partial charge in [-0.3, -0.25) is 0 Å². The highest BCUT2D eigenvalue weighted by atomic mass is 16.5. The Bertz CT molecular complexity index is 654. The summed E-state index contributed by atoms with van der Waals surface area (Å²) in [7, 11) is 0. The van der Waals surface area contributed by atoms with E-state index in [1.54, 1.807) is 11.1 Å². The number of fused-ring (bicyclic) bond motifs is 1. The molecule has 120 valence electrons. The molecule has 0 aromatic heterocycles. The fourth-order valence-electron chi connectivity index (χ4n) is 3.36. The maximum atomic E-state index is 5.68. The molecule has 2 aromatic rings. The Kier molecular flexibility index (Phi) is 5.17. The molecule has 0 aliphatic heterocycles. The van der Waals surface area contributed by atoms with E-state index >= 15 is 0 Å². The van der Waals surface area contributed by atoms with Crippen LogP contribution in [-0.4, -0.2) is 6.61 Å². The van der Waals surface area contributed by atoms with Gasteiger partial charge in [0.05, 0.1) is 6.61 Å². The van der Waals surface area contributed by atoms with Crippen molar-refractivity contribution in [2.45, 2.75) is 39.0 Å². The van der Waals surface area contributed by atoms with Crippen LogP contribution in [0, 0.1) is 5.92 Å². The van der Waals surface area contributed by atoms with Gasteiger partial charge in [0.1, 0.15) is 5.75 Å². The van der Waals surface area contributed by atoms with E-state index in [1.807, 2.05) is 6.08 Å². The molecule has 0 fully saturated rings. The first-order chi connectivity index (χ1) is 11.3. The highest BCUT2D eigenvalue weighted by Crippen LogP contribution is 2.31. The molecule has 1 aliphatic carbocycles. The second kappa shape index (κ2) is 7.50. The van der Waals surface area contributed by atoms with Gasteiger partial charge >= 0.3 is 0 Å². The Morgan fingerprint density at radius 2 is 1.87 bits per heavy atom. The lowest BCUT2D eigenvalue weighted by atomic mass is 9.81. The third-order valence-corrected chi connectivity index (χ3v) is 4.89. The van der Waals surface area contributed by atoms with E-state index in [9.17, 15) is 0 Å². The van der Waals surface area contributed by atoms with Crippen LogP contribution in [-0.2, 0) is 12.8 Å². The summed E-state index contributed by atoms with van der Waals surface area (Å²) in [4.78, 5) is 0. The van der Waals surface area contributed by atoms with Crippen LogP contribution in [0.3, 0.4) is 0 Å². The van der Waals surface area contributed by atoms with Gasteiger partial charge in [0, 0.05) is 0 Å². The van der Waals surface area contributed by atoms with Gasteiger partial charge in [0.2, 0.25) is 0 Å². The minimum atomic E-state index is 0.695. The van der Waals surface area contributed by atoms with E-state index in [4.69, 9.17) is 4.74 Å². The Morgan fingerprint density at radius 1 is 1.09 bits per heavy atom. The summed E-state index contributed by atoms with van der Waals surface area (Å²) in [6.07, 6.45) is 7.88. The second-order valence-electron chi connectivity index (χ2n) is 6.45. The largest absolute Gasteiger partial charge is 0.493 e. The summed E-state index contributed by atoms with van der Waals surface area (Å²) in [6, 6.07) is 15.4. The molecule has 3 rings (SSSR count). The lowest BCUT2D eigenvalue weighted by Gasteiger charge is -2.24. The van der Waals surface area contributed by atoms with Crippen molar-refractivity contribution in [2.75, 3.05) is 6.61 Å². The highest BCUT2D eigenvalue weighted by molar-refractivity contribution is 5.65. The van der Waals surface area contributed by atoms with Crippen molar-refractivity contribution in [3.8, 4) is 16.9 Å². The van der Waals surface area contributed by atoms with Crippen LogP contribution >= 0.6 is 0 Å². The smallest absolute Gasteiger partial charge is 0.119 e. The topological polar surface area (TPSA) is 9.23 Å². The van der Waals surface area contributed by atoms with Crippen molar-refractivity contribution >= 4 is 0 Å². The number of benzene rings is 2. The number of aryl methyl sites for hydroxylation is 1. The van der Waals surface area contributed by atoms with Gasteiger partial charge in [-0.25, -0.2) is 0 Å². The molecule has 0 radical (unpaired) electrons. The molecule has 1 aliphatic rings. The minimum Gasteiger partial charge on any atom is -0.493 e. The molecule has 1 nitrogen and oxygen atoms in total. The van der Waals surface area contributed by atoms with Crippen molar-refractivity contribution in [2.24, 2.45) is 5.92 Å². The van der Waals surface area contributed by atoms with E-state index < -0.39 is 0 Å². The molecule has 1 heteroatoms. The average Bonchev–Trinajstić information content (AvgIpc) is 2.61. The van der Waals surface area contributed by atoms with Crippen LogP contribution in [0.1, 0.15) is 37.3 Å². The zero-order valence-corrected chi connectivity index (χ0v) is 14.1. The summed E-state index contributed by atoms with van der Waals surface area (Å²) in [5.41, 5.74) is 5.67. The van der Waals surface area contributed by atoms with Crippen molar-refractivity contribution in [3.05, 3.63) is 66.2 Å². The fraction of sp³-hybridized carbons (Fsp3) is 0.364. The van der Waals surface area contributed by atoms with E-state index in [0.717, 1.165) is 18.1 Å². The summed E-state index contributed by atoms with van der Waals surface area (Å²) < 4.78 is 5.68. The molecule has 1 atom stereocenters. The SMILES string of the molecule is C=CCCOc1ccc(-c2ccc3c(c2)CCC(CC)C3)cc1. The summed E-state index contributed by atoms with van der Waals surface area (Å²) in [5, 5.41) is 0. The zero-order valence-electron chi connectivity index (χ0n) is 14.1. The van der Waals surface area contributed by atoms with Gasteiger partial charge < -0.3 is 4.74 Å². The van der Waals surface area contributed by atoms with E-state index in [1.165, 1.54) is 36.8 Å². The fourth-order valence-corrected chi connectivity index (χ4v) is 3.36. The lowest BCUT2D eigenvalue weighted by Crippen LogP contribution is -2.13. The van der Waals surface area contributed by atoms with Crippen LogP contribution in [0.25, 0.3) is 11.1 Å². The van der Waals surface area contributed by atoms with Crippen LogP contribution in [0.15, 0.2) is 55.1 Å². The number of rotatable bonds is 6. The first-order valence-corrected chi connectivity index (χ1v) is 8.76. The van der Waals surface area contributed by atoms with Gasteiger partial charge in [0.25, 0.3) is 0 Å². The van der Waals surface area contributed by atoms with Crippen molar-refractivity contribution in [3.63, 3.8) is 0 Å². The highest BCUT2D eigenvalue weighted by Gasteiger charge is 2.17. The van der Waals surface area contributed by atoms with E-state index in [2.05, 4.69) is 56.0 Å². The maximum Gasteiger partial charge on any atom is 0.119 e. The zero-order chi connectivity index (χ0) is 16.1. The van der Waals surface area contributed by atoms with Crippen LogP contribution < -0.4 is 4.74 Å². The molecule has 0 amide bonds. The summed E-state index contributed by atoms with van der Waals surface area (Å²) >= 11 is 0. The van der Waals surface area contributed by atoms with Crippen molar-refractivity contribution in [1.82, 2.24) is 0 Å². The van der Waals surface area contributed by atoms with Gasteiger partial charge in [-0.1, -0.05) is 49.8 Å². The summed E-state index contributed by atoms with van der Waals surface area (Å²) in [5.74, 6) is 1.81. The number of ether oxygens (including phenoxy) is 1. The molecule has 0 N–H and O–H groups in total. The Morgan fingerprint density at radius 3 is 2.61 bits per heavy atom. The monoisotopic (exact) mass is 306 g/mol. The minimum absolute atomic E-state index is 0.695. The van der Waals surface area contributed by atoms with E-state index in [-0.39, 0.29) is 0 Å². The van der Waals surface area contributed by atoms with Gasteiger partial charge in [-0.15, -0.1) is 6.58 Å². The Hall–Kier alpha value is -2.02. The number of hydrogen-bond acceptors (Lipinski definition) is 1. The maximum absolute atomic E-state index is 5.68. The second-order valence-corrected chi connectivity index (χ2v) is 6.45. The first kappa shape index (κ1) is 15.9. The lowest BCUT2D eigenvalue weighted by molar-refractivity contribution is 0.325. The molecule has 0 heterocycles. The van der Waals surface area contributed by atoms with Gasteiger partial charge in [0.15, 0.2) is 0 Å². The van der Waals surface area contributed by atoms with Gasteiger partial charge in [-0.2, -0.15) is 0 Å². The van der Waals surface area contributed by atoms with E-state index in [0.29, 0.717) is 6.61 Å². The molecule has 0 bridgehead atoms. The normalized spacial score (nSPS) is 16.7. The summed E-state index contributed by atoms with van der Waals surface area (Å²) in [6.45, 7) is 6.71. The molecule has 0 spiro atoms. The third kappa shape index (κ3) is 3.85. The Balaban J connectivity index is 1.73. The van der Waals surface area contributed by atoms with Crippen molar-refractivity contribution in [1.29, 1.82) is 0 Å². The predicted molar refractivity (Wildman–Crippen MR) is 98.0 cm³/mol. The van der Waals surface area contributed by atoms with Crippen LogP contribution in [0.2, 0.25) is 0 Å². The standard InChI is InChI=1S/C22H26O/c1-3-5-14-23-22-12-10-18(11-13-22)20-9-8-19-15-17(4-2)6-7-21(19)16-20/h3,8-13,16-17H,1,4-7,14-15H2,2H3. The molecule has 0 saturated heterocycles. The average molecular weight is 306 g/mol. The molecule has 2 aromatic carbocycles. The predicted octanol–water partition coefficient (Wildman–Crippen LogP) is 5.82. The third-order valence-electron chi connectivity index (χ3n) is 4.89. The molecular weight excluding hydrogens is 280 g/mol. The molecule has 0 saturated carbocycles. The molecular formula is C22H26O. The van der Waals surface area contributed by atoms with Crippen molar-refractivity contribution < 1.29 is 4.74 Å².